The number of hydrogen-bond donors (Lipinski definition) is 0. The molecule has 13 aromatic carbocycles. The van der Waals surface area contributed by atoms with Crippen LogP contribution >= 0.6 is 0 Å². The lowest BCUT2D eigenvalue weighted by Gasteiger charge is -2.24. The van der Waals surface area contributed by atoms with Crippen molar-refractivity contribution >= 4 is 65.2 Å². The van der Waals surface area contributed by atoms with Crippen molar-refractivity contribution in [3.8, 4) is 78.1 Å². The van der Waals surface area contributed by atoms with E-state index < -0.39 is 0 Å². The molecule has 0 atom stereocenters. The predicted octanol–water partition coefficient (Wildman–Crippen LogP) is 21.5. The topological polar surface area (TPSA) is 9.86 Å². The summed E-state index contributed by atoms with van der Waals surface area (Å²) in [5, 5.41) is 9.95. The van der Waals surface area contributed by atoms with Gasteiger partial charge in [0.05, 0.1) is 22.1 Å². The smallest absolute Gasteiger partial charge is 0.0541 e. The van der Waals surface area contributed by atoms with Crippen LogP contribution in [0.4, 0.5) is 0 Å². The Bertz CT molecular complexity index is 4870. The Morgan fingerprint density at radius 3 is 0.988 bits per heavy atom. The van der Waals surface area contributed by atoms with Crippen molar-refractivity contribution in [1.29, 1.82) is 0 Å². The SMILES string of the molecule is CC1(C)c2ccccc2-c2ccc(-c3c4ccc(-c5ccc6c(c5)c5ccccc5n6-c5ccccc5)cc4c(-c4ccc5c(c4)C(C)(C)c4ccccc4-5)c4ccc(-c5ccc6c(c5)c5ccccc5n6-c5ccccc5)cc34)cc21. The second-order valence-corrected chi connectivity index (χ2v) is 24.0. The number of benzene rings is 13. The van der Waals surface area contributed by atoms with Crippen molar-refractivity contribution in [2.24, 2.45) is 0 Å². The van der Waals surface area contributed by atoms with Crippen LogP contribution in [0.2, 0.25) is 0 Å². The average molecular weight is 1050 g/mol. The number of hydrogen-bond acceptors (Lipinski definition) is 0. The summed E-state index contributed by atoms with van der Waals surface area (Å²) in [6.07, 6.45) is 0. The first-order valence-electron chi connectivity index (χ1n) is 28.9. The van der Waals surface area contributed by atoms with E-state index in [0.29, 0.717) is 0 Å². The third-order valence-corrected chi connectivity index (χ3v) is 18.9. The molecule has 2 aliphatic rings. The predicted molar refractivity (Wildman–Crippen MR) is 347 cm³/mol. The van der Waals surface area contributed by atoms with Crippen molar-refractivity contribution in [3.63, 3.8) is 0 Å². The molecule has 2 heterocycles. The van der Waals surface area contributed by atoms with Gasteiger partial charge in [0.1, 0.15) is 0 Å². The molecule has 0 fully saturated rings. The number of para-hydroxylation sites is 4. The Morgan fingerprint density at radius 1 is 0.220 bits per heavy atom. The van der Waals surface area contributed by atoms with E-state index in [1.54, 1.807) is 0 Å². The first kappa shape index (κ1) is 46.9. The van der Waals surface area contributed by atoms with Crippen LogP contribution in [-0.4, -0.2) is 9.13 Å². The van der Waals surface area contributed by atoms with Crippen molar-refractivity contribution in [2.75, 3.05) is 0 Å². The van der Waals surface area contributed by atoms with Gasteiger partial charge in [0.25, 0.3) is 0 Å². The van der Waals surface area contributed by atoms with Crippen molar-refractivity contribution < 1.29 is 0 Å². The summed E-state index contributed by atoms with van der Waals surface area (Å²) in [4.78, 5) is 0. The largest absolute Gasteiger partial charge is 0.309 e. The first-order chi connectivity index (χ1) is 40.2. The van der Waals surface area contributed by atoms with Crippen LogP contribution in [0, 0.1) is 0 Å². The molecule has 0 bridgehead atoms. The standard InChI is InChI=1S/C80H56N2/c1-79(2)69-27-15-11-23-57(69)59-37-33-53(47-71(59)79)77-63-39-31-50(52-36-42-76-66(44-52)62-26-14-18-30-74(62)82(76)56-21-9-6-10-22-56)46-68(63)78(54-34-38-60-58-24-12-16-28-70(58)80(3,4)72(60)48-54)64-40-32-49(45-67(64)77)51-35-41-75-65(43-51)61-25-13-17-29-73(61)81(75)55-19-7-5-8-20-55/h5-48H,1-4H3. The molecule has 0 aliphatic heterocycles. The molecule has 2 heteroatoms. The van der Waals surface area contributed by atoms with Gasteiger partial charge in [-0.15, -0.1) is 0 Å². The van der Waals surface area contributed by atoms with Crippen LogP contribution in [0.25, 0.3) is 143 Å². The van der Waals surface area contributed by atoms with Gasteiger partial charge in [0.15, 0.2) is 0 Å². The molecule has 0 saturated carbocycles. The zero-order valence-electron chi connectivity index (χ0n) is 46.3. The molecule has 15 aromatic rings. The van der Waals surface area contributed by atoms with Crippen LogP contribution in [0.5, 0.6) is 0 Å². The molecule has 0 unspecified atom stereocenters. The van der Waals surface area contributed by atoms with Gasteiger partial charge in [0.2, 0.25) is 0 Å². The molecule has 2 nitrogen and oxygen atoms in total. The third-order valence-electron chi connectivity index (χ3n) is 18.9. The van der Waals surface area contributed by atoms with E-state index in [4.69, 9.17) is 0 Å². The molecule has 0 spiro atoms. The van der Waals surface area contributed by atoms with Gasteiger partial charge in [0, 0.05) is 43.7 Å². The minimum atomic E-state index is -0.169. The van der Waals surface area contributed by atoms with Gasteiger partial charge in [-0.25, -0.2) is 0 Å². The summed E-state index contributed by atoms with van der Waals surface area (Å²) in [6, 6.07) is 101. The molecule has 386 valence electrons. The zero-order valence-corrected chi connectivity index (χ0v) is 46.3. The van der Waals surface area contributed by atoms with E-state index in [2.05, 4.69) is 304 Å². The highest BCUT2D eigenvalue weighted by Crippen LogP contribution is 2.54. The number of aromatic nitrogens is 2. The van der Waals surface area contributed by atoms with E-state index in [0.717, 1.165) is 11.4 Å². The van der Waals surface area contributed by atoms with Crippen LogP contribution in [0.3, 0.4) is 0 Å². The lowest BCUT2D eigenvalue weighted by atomic mass is 9.79. The van der Waals surface area contributed by atoms with Gasteiger partial charge in [-0.1, -0.05) is 210 Å². The van der Waals surface area contributed by atoms with Gasteiger partial charge in [-0.05, 0) is 195 Å². The Labute approximate surface area is 477 Å². The van der Waals surface area contributed by atoms with Gasteiger partial charge >= 0.3 is 0 Å². The molecule has 0 saturated heterocycles. The Morgan fingerprint density at radius 2 is 0.549 bits per heavy atom. The van der Waals surface area contributed by atoms with Gasteiger partial charge in [-0.3, -0.25) is 0 Å². The highest BCUT2D eigenvalue weighted by Gasteiger charge is 2.37. The molecule has 2 aromatic heterocycles. The van der Waals surface area contributed by atoms with Crippen LogP contribution in [-0.2, 0) is 10.8 Å². The summed E-state index contributed by atoms with van der Waals surface area (Å²) in [7, 11) is 0. The maximum absolute atomic E-state index is 2.53. The molecule has 2 aliphatic carbocycles. The lowest BCUT2D eigenvalue weighted by Crippen LogP contribution is -2.15. The molecule has 0 N–H and O–H groups in total. The molecule has 17 rings (SSSR count). The van der Waals surface area contributed by atoms with E-state index in [-0.39, 0.29) is 10.8 Å². The van der Waals surface area contributed by atoms with E-state index in [1.807, 2.05) is 0 Å². The Hall–Kier alpha value is -10.0. The van der Waals surface area contributed by atoms with Crippen molar-refractivity contribution in [2.45, 2.75) is 38.5 Å². The van der Waals surface area contributed by atoms with E-state index in [9.17, 15) is 0 Å². The van der Waals surface area contributed by atoms with Crippen LogP contribution < -0.4 is 0 Å². The summed E-state index contributed by atoms with van der Waals surface area (Å²) in [5.74, 6) is 0. The Balaban J connectivity index is 0.948. The van der Waals surface area contributed by atoms with Crippen molar-refractivity contribution in [1.82, 2.24) is 9.13 Å². The fourth-order valence-electron chi connectivity index (χ4n) is 14.9. The number of fused-ring (bicyclic) bond motifs is 14. The molecule has 0 amide bonds. The lowest BCUT2D eigenvalue weighted by molar-refractivity contribution is 0.660. The first-order valence-corrected chi connectivity index (χ1v) is 28.9. The highest BCUT2D eigenvalue weighted by molar-refractivity contribution is 6.23. The fourth-order valence-corrected chi connectivity index (χ4v) is 14.9. The molecular weight excluding hydrogens is 989 g/mol. The van der Waals surface area contributed by atoms with Crippen LogP contribution in [0.15, 0.2) is 267 Å². The minimum absolute atomic E-state index is 0.169. The highest BCUT2D eigenvalue weighted by atomic mass is 15.0. The molecule has 82 heavy (non-hydrogen) atoms. The number of rotatable bonds is 6. The maximum Gasteiger partial charge on any atom is 0.0541 e. The fraction of sp³-hybridized carbons (Fsp3) is 0.0750. The quantitative estimate of drug-likeness (QED) is 0.147. The normalized spacial score (nSPS) is 13.8. The summed E-state index contributed by atoms with van der Waals surface area (Å²) >= 11 is 0. The minimum Gasteiger partial charge on any atom is -0.309 e. The molecule has 0 radical (unpaired) electrons. The Kier molecular flexibility index (Phi) is 9.85. The summed E-state index contributed by atoms with van der Waals surface area (Å²) < 4.78 is 4.81. The second kappa shape index (κ2) is 17.2. The maximum atomic E-state index is 2.53. The summed E-state index contributed by atoms with van der Waals surface area (Å²) in [5.41, 5.74) is 27.4. The van der Waals surface area contributed by atoms with Crippen LogP contribution in [0.1, 0.15) is 49.9 Å². The molecular formula is C80H56N2. The van der Waals surface area contributed by atoms with E-state index in [1.165, 1.54) is 154 Å². The van der Waals surface area contributed by atoms with Gasteiger partial charge < -0.3 is 9.13 Å². The van der Waals surface area contributed by atoms with Crippen molar-refractivity contribution in [3.05, 3.63) is 289 Å². The third kappa shape index (κ3) is 6.64. The number of nitrogens with zero attached hydrogens (tertiary/aromatic N) is 2. The van der Waals surface area contributed by atoms with Gasteiger partial charge in [-0.2, -0.15) is 0 Å². The second-order valence-electron chi connectivity index (χ2n) is 24.0. The average Bonchev–Trinajstić information content (AvgIpc) is 2.87. The zero-order chi connectivity index (χ0) is 54.6. The monoisotopic (exact) mass is 1040 g/mol. The summed E-state index contributed by atoms with van der Waals surface area (Å²) in [6.45, 7) is 9.60. The van der Waals surface area contributed by atoms with E-state index >= 15 is 0 Å².